The molecular weight excluding hydrogens is 416 g/mol. The molecule has 0 aliphatic carbocycles. The summed E-state index contributed by atoms with van der Waals surface area (Å²) in [5.74, 6) is 2.29. The van der Waals surface area contributed by atoms with E-state index in [-0.39, 0.29) is 6.54 Å². The summed E-state index contributed by atoms with van der Waals surface area (Å²) in [5, 5.41) is 17.4. The van der Waals surface area contributed by atoms with Crippen LogP contribution >= 0.6 is 0 Å². The second kappa shape index (κ2) is 18.2. The molecule has 0 aromatic heterocycles. The molecule has 2 rings (SSSR count). The number of anilines is 1. The second-order valence-corrected chi connectivity index (χ2v) is 6.51. The summed E-state index contributed by atoms with van der Waals surface area (Å²) in [4.78, 5) is 10.6. The number of allylic oxidation sites excluding steroid dienone is 2. The first-order valence-electron chi connectivity index (χ1n) is 11.1. The van der Waals surface area contributed by atoms with Crippen molar-refractivity contribution in [1.29, 1.82) is 5.41 Å². The lowest BCUT2D eigenvalue weighted by Crippen LogP contribution is -2.06. The zero-order valence-electron chi connectivity index (χ0n) is 20.6. The zero-order chi connectivity index (χ0) is 25.1. The quantitative estimate of drug-likeness (QED) is 0.218. The van der Waals surface area contributed by atoms with Gasteiger partial charge in [0.2, 0.25) is 0 Å². The molecule has 0 spiro atoms. The number of hydrogen-bond acceptors (Lipinski definition) is 6. The Labute approximate surface area is 198 Å². The lowest BCUT2D eigenvalue weighted by atomic mass is 10.1. The van der Waals surface area contributed by atoms with Gasteiger partial charge in [-0.3, -0.25) is 0 Å². The fourth-order valence-corrected chi connectivity index (χ4v) is 2.61. The lowest BCUT2D eigenvalue weighted by Gasteiger charge is -2.15. The molecule has 33 heavy (non-hydrogen) atoms. The van der Waals surface area contributed by atoms with Gasteiger partial charge >= 0.3 is 0 Å². The van der Waals surface area contributed by atoms with E-state index >= 15 is 0 Å². The number of nitrogens with one attached hydrogen (secondary N) is 2. The van der Waals surface area contributed by atoms with Crippen molar-refractivity contribution in [3.05, 3.63) is 77.1 Å². The molecule has 0 amide bonds. The van der Waals surface area contributed by atoms with E-state index in [4.69, 9.17) is 20.0 Å². The monoisotopic (exact) mass is 454 g/mol. The zero-order valence-corrected chi connectivity index (χ0v) is 20.6. The predicted octanol–water partition coefficient (Wildman–Crippen LogP) is 6.07. The summed E-state index contributed by atoms with van der Waals surface area (Å²) in [6, 6.07) is 15.4. The third-order valence-corrected chi connectivity index (χ3v) is 4.32. The number of aldehydes is 1. The highest BCUT2D eigenvalue weighted by Crippen LogP contribution is 2.24. The molecule has 0 saturated carbocycles. The maximum Gasteiger partial charge on any atom is 0.139 e. The van der Waals surface area contributed by atoms with Crippen LogP contribution in [0.2, 0.25) is 0 Å². The van der Waals surface area contributed by atoms with Gasteiger partial charge in [0, 0.05) is 41.8 Å². The van der Waals surface area contributed by atoms with Crippen LogP contribution in [0.5, 0.6) is 5.75 Å². The van der Waals surface area contributed by atoms with E-state index in [0.29, 0.717) is 23.6 Å². The fourth-order valence-electron chi connectivity index (χ4n) is 2.61. The Kier molecular flexibility index (Phi) is 16.4. The number of benzene rings is 2. The molecule has 0 heterocycles. The largest absolute Gasteiger partial charge is 0.489 e. The molecule has 0 bridgehead atoms. The highest BCUT2D eigenvalue weighted by molar-refractivity contribution is 5.86. The Morgan fingerprint density at radius 2 is 1.76 bits per heavy atom. The number of aliphatic hydroxyl groups excluding tert-OH is 1. The molecular formula is C27H38N2O4. The third kappa shape index (κ3) is 10.7. The standard InChI is InChI=1S/C24H28N2O3.C2H6.CH4O/c1-4-8-24(20-9-6-5-7-10-20)29-19(3)18(2)17-28-22-12-11-21(16-25)23(15-22)26-13-14-27;2*1-2/h5-12,14-16,25-26H,4,13,17H2,1-3H3;1-2H3;2H,1H3/b19-18+,24-8-,25-16?;;. The Morgan fingerprint density at radius 1 is 1.09 bits per heavy atom. The molecule has 0 saturated heterocycles. The average Bonchev–Trinajstić information content (AvgIpc) is 2.88. The van der Waals surface area contributed by atoms with Crippen molar-refractivity contribution < 1.29 is 19.4 Å². The van der Waals surface area contributed by atoms with E-state index in [9.17, 15) is 4.79 Å². The topological polar surface area (TPSA) is 91.6 Å². The Bertz CT molecular complexity index is 890. The van der Waals surface area contributed by atoms with E-state index in [0.717, 1.165) is 42.5 Å². The summed E-state index contributed by atoms with van der Waals surface area (Å²) < 4.78 is 12.0. The van der Waals surface area contributed by atoms with Gasteiger partial charge in [-0.1, -0.05) is 51.1 Å². The minimum absolute atomic E-state index is 0.183. The predicted molar refractivity (Wildman–Crippen MR) is 138 cm³/mol. The first kappa shape index (κ1) is 29.6. The average molecular weight is 455 g/mol. The molecule has 2 aromatic rings. The smallest absolute Gasteiger partial charge is 0.139 e. The fraction of sp³-hybridized carbons (Fsp3) is 0.333. The molecule has 0 aliphatic heterocycles. The van der Waals surface area contributed by atoms with Crippen LogP contribution in [0, 0.1) is 5.41 Å². The summed E-state index contributed by atoms with van der Waals surface area (Å²) in [5.41, 5.74) is 3.40. The van der Waals surface area contributed by atoms with Crippen LogP contribution in [0.4, 0.5) is 5.69 Å². The second-order valence-electron chi connectivity index (χ2n) is 6.51. The van der Waals surface area contributed by atoms with Crippen LogP contribution in [-0.4, -0.2) is 37.9 Å². The lowest BCUT2D eigenvalue weighted by molar-refractivity contribution is -0.106. The molecule has 180 valence electrons. The van der Waals surface area contributed by atoms with Crippen LogP contribution in [0.15, 0.2) is 65.9 Å². The van der Waals surface area contributed by atoms with E-state index in [1.807, 2.05) is 64.1 Å². The van der Waals surface area contributed by atoms with Crippen LogP contribution < -0.4 is 10.1 Å². The van der Waals surface area contributed by atoms with Crippen molar-refractivity contribution in [2.24, 2.45) is 0 Å². The van der Waals surface area contributed by atoms with Gasteiger partial charge in [0.1, 0.15) is 30.2 Å². The summed E-state index contributed by atoms with van der Waals surface area (Å²) in [6.45, 7) is 10.5. The number of carbonyl (C=O) groups is 1. The number of carbonyl (C=O) groups excluding carboxylic acids is 1. The highest BCUT2D eigenvalue weighted by Gasteiger charge is 2.08. The molecule has 0 unspecified atom stereocenters. The van der Waals surface area contributed by atoms with E-state index < -0.39 is 0 Å². The van der Waals surface area contributed by atoms with Gasteiger partial charge in [-0.2, -0.15) is 0 Å². The molecule has 0 radical (unpaired) electrons. The van der Waals surface area contributed by atoms with Crippen molar-refractivity contribution in [2.75, 3.05) is 25.6 Å². The van der Waals surface area contributed by atoms with E-state index in [2.05, 4.69) is 18.3 Å². The molecule has 0 fully saturated rings. The van der Waals surface area contributed by atoms with Gasteiger partial charge in [0.25, 0.3) is 0 Å². The van der Waals surface area contributed by atoms with E-state index in [1.54, 1.807) is 12.1 Å². The van der Waals surface area contributed by atoms with Crippen molar-refractivity contribution in [3.8, 4) is 5.75 Å². The number of ether oxygens (including phenoxy) is 2. The molecule has 6 heteroatoms. The van der Waals surface area contributed by atoms with Gasteiger partial charge in [-0.05, 0) is 38.5 Å². The van der Waals surface area contributed by atoms with E-state index in [1.165, 1.54) is 6.21 Å². The van der Waals surface area contributed by atoms with Crippen LogP contribution in [0.3, 0.4) is 0 Å². The van der Waals surface area contributed by atoms with Crippen molar-refractivity contribution >= 4 is 23.9 Å². The van der Waals surface area contributed by atoms with Crippen LogP contribution in [-0.2, 0) is 9.53 Å². The van der Waals surface area contributed by atoms with Crippen molar-refractivity contribution in [1.82, 2.24) is 0 Å². The minimum atomic E-state index is 0.183. The molecule has 2 aromatic carbocycles. The summed E-state index contributed by atoms with van der Waals surface area (Å²) in [6.07, 6.45) is 4.96. The van der Waals surface area contributed by atoms with Crippen molar-refractivity contribution in [2.45, 2.75) is 41.0 Å². The van der Waals surface area contributed by atoms with Gasteiger partial charge in [-0.15, -0.1) is 0 Å². The molecule has 3 N–H and O–H groups in total. The maximum absolute atomic E-state index is 10.6. The first-order chi connectivity index (χ1) is 16.1. The van der Waals surface area contributed by atoms with Gasteiger partial charge in [-0.25, -0.2) is 0 Å². The number of rotatable bonds is 11. The number of hydrogen-bond donors (Lipinski definition) is 3. The molecule has 0 aliphatic rings. The van der Waals surface area contributed by atoms with Crippen LogP contribution in [0.25, 0.3) is 5.76 Å². The SMILES string of the molecule is CC.CC/C=C(\O/C(C)=C(\C)COc1ccc(C=N)c(NCC=O)c1)c1ccccc1.CO. The van der Waals surface area contributed by atoms with Gasteiger partial charge in [0.15, 0.2) is 0 Å². The summed E-state index contributed by atoms with van der Waals surface area (Å²) >= 11 is 0. The first-order valence-corrected chi connectivity index (χ1v) is 11.1. The minimum Gasteiger partial charge on any atom is -0.489 e. The Morgan fingerprint density at radius 3 is 2.33 bits per heavy atom. The van der Waals surface area contributed by atoms with Gasteiger partial charge < -0.3 is 30.1 Å². The third-order valence-electron chi connectivity index (χ3n) is 4.32. The summed E-state index contributed by atoms with van der Waals surface area (Å²) in [7, 11) is 1.00. The van der Waals surface area contributed by atoms with Crippen molar-refractivity contribution in [3.63, 3.8) is 0 Å². The maximum atomic E-state index is 10.6. The molecule has 0 atom stereocenters. The van der Waals surface area contributed by atoms with Gasteiger partial charge in [0.05, 0.1) is 6.54 Å². The Balaban J connectivity index is 0.00000242. The van der Waals surface area contributed by atoms with Crippen LogP contribution in [0.1, 0.15) is 52.2 Å². The normalized spacial score (nSPS) is 10.9. The Hall–Kier alpha value is -3.38. The highest BCUT2D eigenvalue weighted by atomic mass is 16.5. The number of aliphatic hydroxyl groups is 1. The molecule has 6 nitrogen and oxygen atoms in total.